The topological polar surface area (TPSA) is 81.8 Å². The van der Waals surface area contributed by atoms with Gasteiger partial charge in [0.15, 0.2) is 5.65 Å². The van der Waals surface area contributed by atoms with E-state index in [0.29, 0.717) is 30.7 Å². The van der Waals surface area contributed by atoms with Crippen LogP contribution >= 0.6 is 0 Å². The summed E-state index contributed by atoms with van der Waals surface area (Å²) in [5.74, 6) is -0.193. The molecule has 1 N–H and O–H groups in total. The molecule has 2 aromatic heterocycles. The number of fused-ring (bicyclic) bond motifs is 1. The summed E-state index contributed by atoms with van der Waals surface area (Å²) in [5.41, 5.74) is 3.62. The van der Waals surface area contributed by atoms with Gasteiger partial charge in [-0.15, -0.1) is 0 Å². The Morgan fingerprint density at radius 2 is 1.84 bits per heavy atom. The van der Waals surface area contributed by atoms with E-state index in [1.165, 1.54) is 0 Å². The van der Waals surface area contributed by atoms with Gasteiger partial charge >= 0.3 is 0 Å². The van der Waals surface area contributed by atoms with Crippen LogP contribution in [0.5, 0.6) is 0 Å². The summed E-state index contributed by atoms with van der Waals surface area (Å²) in [7, 11) is 0. The average Bonchev–Trinajstić information content (AvgIpc) is 3.22. The van der Waals surface area contributed by atoms with Crippen LogP contribution in [0, 0.1) is 6.92 Å². The molecule has 0 fully saturated rings. The Hall–Kier alpha value is -3.74. The normalized spacial score (nSPS) is 12.1. The predicted molar refractivity (Wildman–Crippen MR) is 125 cm³/mol. The van der Waals surface area contributed by atoms with Gasteiger partial charge < -0.3 is 5.32 Å². The van der Waals surface area contributed by atoms with E-state index in [2.05, 4.69) is 15.4 Å². The summed E-state index contributed by atoms with van der Waals surface area (Å²) >= 11 is 0. The molecule has 164 valence electrons. The largest absolute Gasteiger partial charge is 0.354 e. The second-order valence-corrected chi connectivity index (χ2v) is 7.87. The number of aromatic nitrogens is 4. The van der Waals surface area contributed by atoms with Gasteiger partial charge in [0.05, 0.1) is 25.2 Å². The van der Waals surface area contributed by atoms with Crippen LogP contribution in [0.15, 0.2) is 71.9 Å². The molecule has 0 radical (unpaired) electrons. The van der Waals surface area contributed by atoms with Crippen molar-refractivity contribution < 1.29 is 4.79 Å². The summed E-state index contributed by atoms with van der Waals surface area (Å²) in [5, 5.41) is 7.80. The van der Waals surface area contributed by atoms with Crippen molar-refractivity contribution in [3.05, 3.63) is 94.2 Å². The van der Waals surface area contributed by atoms with Crippen molar-refractivity contribution in [1.29, 1.82) is 0 Å². The second kappa shape index (κ2) is 9.60. The molecule has 0 spiro atoms. The van der Waals surface area contributed by atoms with Crippen molar-refractivity contribution in [1.82, 2.24) is 24.6 Å². The SMILES string of the molecule is CCC(C(=O)NCCn1ncc2c(=O)n(Cc3ccccc3C)cnc21)c1ccccc1. The lowest BCUT2D eigenvalue weighted by atomic mass is 9.96. The van der Waals surface area contributed by atoms with E-state index in [4.69, 9.17) is 0 Å². The van der Waals surface area contributed by atoms with Gasteiger partial charge in [-0.2, -0.15) is 5.10 Å². The number of carbonyl (C=O) groups is 1. The quantitative estimate of drug-likeness (QED) is 0.466. The first-order chi connectivity index (χ1) is 15.6. The molecule has 0 aliphatic rings. The van der Waals surface area contributed by atoms with Gasteiger partial charge in [0.1, 0.15) is 11.7 Å². The van der Waals surface area contributed by atoms with E-state index < -0.39 is 0 Å². The lowest BCUT2D eigenvalue weighted by Crippen LogP contribution is -2.32. The molecule has 2 aromatic carbocycles. The van der Waals surface area contributed by atoms with Crippen LogP contribution < -0.4 is 10.9 Å². The first-order valence-corrected chi connectivity index (χ1v) is 10.9. The summed E-state index contributed by atoms with van der Waals surface area (Å²) in [6.45, 7) is 5.35. The molecule has 0 saturated heterocycles. The van der Waals surface area contributed by atoms with Crippen molar-refractivity contribution in [2.24, 2.45) is 0 Å². The van der Waals surface area contributed by atoms with E-state index in [1.807, 2.05) is 68.4 Å². The van der Waals surface area contributed by atoms with Gasteiger partial charge in [-0.3, -0.25) is 14.2 Å². The minimum absolute atomic E-state index is 0.0105. The highest BCUT2D eigenvalue weighted by molar-refractivity contribution is 5.83. The standard InChI is InChI=1S/C25H27N5O2/c1-3-21(19-10-5-4-6-11-19)24(31)26-13-14-30-23-22(15-28-30)25(32)29(17-27-23)16-20-12-8-7-9-18(20)2/h4-12,15,17,21H,3,13-14,16H2,1-2H3,(H,26,31). The lowest BCUT2D eigenvalue weighted by molar-refractivity contribution is -0.122. The fourth-order valence-electron chi connectivity index (χ4n) is 3.91. The number of nitrogens with one attached hydrogen (secondary N) is 1. The highest BCUT2D eigenvalue weighted by atomic mass is 16.2. The molecule has 2 heterocycles. The van der Waals surface area contributed by atoms with Gasteiger partial charge in [0, 0.05) is 6.54 Å². The number of aryl methyl sites for hydroxylation is 1. The van der Waals surface area contributed by atoms with E-state index in [-0.39, 0.29) is 17.4 Å². The van der Waals surface area contributed by atoms with Crippen molar-refractivity contribution in [3.63, 3.8) is 0 Å². The molecule has 1 atom stereocenters. The minimum atomic E-state index is -0.183. The zero-order valence-corrected chi connectivity index (χ0v) is 18.4. The maximum Gasteiger partial charge on any atom is 0.264 e. The number of benzene rings is 2. The molecule has 4 aromatic rings. The number of carbonyl (C=O) groups excluding carboxylic acids is 1. The van der Waals surface area contributed by atoms with Crippen LogP contribution in [0.3, 0.4) is 0 Å². The second-order valence-electron chi connectivity index (χ2n) is 7.87. The predicted octanol–water partition coefficient (Wildman–Crippen LogP) is 3.26. The molecule has 7 heteroatoms. The third-order valence-corrected chi connectivity index (χ3v) is 5.77. The van der Waals surface area contributed by atoms with Gasteiger partial charge in [-0.05, 0) is 30.0 Å². The molecular formula is C25H27N5O2. The molecular weight excluding hydrogens is 402 g/mol. The zero-order valence-electron chi connectivity index (χ0n) is 18.4. The third-order valence-electron chi connectivity index (χ3n) is 5.77. The maximum absolute atomic E-state index is 12.9. The third kappa shape index (κ3) is 4.46. The zero-order chi connectivity index (χ0) is 22.5. The molecule has 1 amide bonds. The lowest BCUT2D eigenvalue weighted by Gasteiger charge is -2.15. The van der Waals surface area contributed by atoms with Crippen LogP contribution in [-0.2, 0) is 17.9 Å². The summed E-state index contributed by atoms with van der Waals surface area (Å²) in [6, 6.07) is 17.8. The molecule has 0 bridgehead atoms. The average molecular weight is 430 g/mol. The Labute approximate surface area is 186 Å². The summed E-state index contributed by atoms with van der Waals surface area (Å²) < 4.78 is 3.27. The molecule has 32 heavy (non-hydrogen) atoms. The van der Waals surface area contributed by atoms with Crippen LogP contribution in [0.2, 0.25) is 0 Å². The van der Waals surface area contributed by atoms with E-state index >= 15 is 0 Å². The van der Waals surface area contributed by atoms with Crippen LogP contribution in [-0.4, -0.2) is 31.8 Å². The molecule has 0 aliphatic heterocycles. The number of hydrogen-bond acceptors (Lipinski definition) is 4. The molecule has 1 unspecified atom stereocenters. The van der Waals surface area contributed by atoms with Crippen LogP contribution in [0.25, 0.3) is 11.0 Å². The minimum Gasteiger partial charge on any atom is -0.354 e. The Balaban J connectivity index is 1.44. The Morgan fingerprint density at radius 3 is 2.59 bits per heavy atom. The number of rotatable bonds is 8. The van der Waals surface area contributed by atoms with Crippen molar-refractivity contribution in [3.8, 4) is 0 Å². The van der Waals surface area contributed by atoms with Gasteiger partial charge in [0.2, 0.25) is 5.91 Å². The highest BCUT2D eigenvalue weighted by Gasteiger charge is 2.18. The highest BCUT2D eigenvalue weighted by Crippen LogP contribution is 2.19. The van der Waals surface area contributed by atoms with E-state index in [1.54, 1.807) is 21.8 Å². The fraction of sp³-hybridized carbons (Fsp3) is 0.280. The molecule has 4 rings (SSSR count). The number of amides is 1. The van der Waals surface area contributed by atoms with Crippen molar-refractivity contribution >= 4 is 16.9 Å². The van der Waals surface area contributed by atoms with Crippen LogP contribution in [0.4, 0.5) is 0 Å². The molecule has 0 aliphatic carbocycles. The van der Waals surface area contributed by atoms with Crippen molar-refractivity contribution in [2.75, 3.05) is 6.54 Å². The first kappa shape index (κ1) is 21.5. The first-order valence-electron chi connectivity index (χ1n) is 10.9. The van der Waals surface area contributed by atoms with Gasteiger partial charge in [-0.1, -0.05) is 61.5 Å². The summed E-state index contributed by atoms with van der Waals surface area (Å²) in [4.78, 5) is 30.1. The van der Waals surface area contributed by atoms with E-state index in [0.717, 1.165) is 23.1 Å². The number of hydrogen-bond donors (Lipinski definition) is 1. The maximum atomic E-state index is 12.9. The smallest absolute Gasteiger partial charge is 0.264 e. The molecule has 7 nitrogen and oxygen atoms in total. The van der Waals surface area contributed by atoms with E-state index in [9.17, 15) is 9.59 Å². The van der Waals surface area contributed by atoms with Crippen LogP contribution in [0.1, 0.15) is 36.0 Å². The Bertz CT molecular complexity index is 1280. The fourth-order valence-corrected chi connectivity index (χ4v) is 3.91. The molecule has 0 saturated carbocycles. The monoisotopic (exact) mass is 429 g/mol. The van der Waals surface area contributed by atoms with Gasteiger partial charge in [0.25, 0.3) is 5.56 Å². The van der Waals surface area contributed by atoms with Crippen molar-refractivity contribution in [2.45, 2.75) is 39.3 Å². The Morgan fingerprint density at radius 1 is 1.09 bits per heavy atom. The van der Waals surface area contributed by atoms with Gasteiger partial charge in [-0.25, -0.2) is 9.67 Å². The summed E-state index contributed by atoms with van der Waals surface area (Å²) in [6.07, 6.45) is 3.85. The number of nitrogens with zero attached hydrogens (tertiary/aromatic N) is 4. The Kier molecular flexibility index (Phi) is 6.44.